The predicted octanol–water partition coefficient (Wildman–Crippen LogP) is 4.14. The number of amides is 2. The number of hydrogen-bond acceptors (Lipinski definition) is 4. The first-order valence-corrected chi connectivity index (χ1v) is 10.4. The normalized spacial score (nSPS) is 18.1. The maximum absolute atomic E-state index is 13.3. The van der Waals surface area contributed by atoms with Gasteiger partial charge in [-0.1, -0.05) is 23.2 Å². The van der Waals surface area contributed by atoms with Crippen LogP contribution in [0.5, 0.6) is 0 Å². The van der Waals surface area contributed by atoms with Gasteiger partial charge in [0, 0.05) is 22.3 Å². The molecule has 2 amide bonds. The number of benzene rings is 2. The van der Waals surface area contributed by atoms with E-state index in [0.29, 0.717) is 28.0 Å². The number of likely N-dealkylation sites (N-methyl/N-ethyl adjacent to an activating group) is 1. The molecule has 0 unspecified atom stereocenters. The van der Waals surface area contributed by atoms with Crippen LogP contribution in [0, 0.1) is 0 Å². The predicted molar refractivity (Wildman–Crippen MR) is 118 cm³/mol. The molecule has 0 saturated carbocycles. The lowest BCUT2D eigenvalue weighted by Gasteiger charge is -2.33. The van der Waals surface area contributed by atoms with Crippen LogP contribution in [0.3, 0.4) is 0 Å². The van der Waals surface area contributed by atoms with E-state index in [2.05, 4.69) is 0 Å². The smallest absolute Gasteiger partial charge is 0.315 e. The van der Waals surface area contributed by atoms with Crippen LogP contribution in [0.2, 0.25) is 10.0 Å². The number of halogens is 2. The van der Waals surface area contributed by atoms with Gasteiger partial charge in [0.25, 0.3) is 0 Å². The first-order valence-electron chi connectivity index (χ1n) is 9.64. The molecule has 10 heteroatoms. The van der Waals surface area contributed by atoms with E-state index in [1.807, 2.05) is 20.8 Å². The number of carbonyl (C=O) groups excluding carboxylic acids is 1. The van der Waals surface area contributed by atoms with Gasteiger partial charge in [0.2, 0.25) is 0 Å². The first-order chi connectivity index (χ1) is 14.7. The van der Waals surface area contributed by atoms with Crippen molar-refractivity contribution in [1.82, 2.24) is 14.2 Å². The number of carbonyl (C=O) groups is 1. The highest BCUT2D eigenvalue weighted by Crippen LogP contribution is 2.42. The van der Waals surface area contributed by atoms with Gasteiger partial charge in [0.05, 0.1) is 11.2 Å². The molecule has 2 heterocycles. The van der Waals surface area contributed by atoms with E-state index in [1.54, 1.807) is 53.4 Å². The van der Waals surface area contributed by atoms with E-state index in [0.717, 1.165) is 9.31 Å². The van der Waals surface area contributed by atoms with E-state index in [4.69, 9.17) is 27.7 Å². The molecule has 4 rings (SSSR count). The van der Waals surface area contributed by atoms with Crippen LogP contribution < -0.4 is 16.3 Å². The van der Waals surface area contributed by atoms with Crippen molar-refractivity contribution in [3.63, 3.8) is 0 Å². The van der Waals surface area contributed by atoms with Crippen molar-refractivity contribution in [3.8, 4) is 5.69 Å². The van der Waals surface area contributed by atoms with E-state index >= 15 is 0 Å². The van der Waals surface area contributed by atoms with Crippen LogP contribution >= 0.6 is 23.2 Å². The molecule has 1 atom stereocenters. The third kappa shape index (κ3) is 3.36. The molecule has 8 nitrogen and oxygen atoms in total. The summed E-state index contributed by atoms with van der Waals surface area (Å²) in [6, 6.07) is 12.6. The summed E-state index contributed by atoms with van der Waals surface area (Å²) in [5.74, 6) is -0.860. The quantitative estimate of drug-likeness (QED) is 0.583. The van der Waals surface area contributed by atoms with E-state index in [1.165, 1.54) is 4.90 Å². The summed E-state index contributed by atoms with van der Waals surface area (Å²) in [4.78, 5) is 42.3. The number of rotatable bonds is 4. The molecule has 3 aromatic rings. The lowest BCUT2D eigenvalue weighted by Crippen LogP contribution is -2.46. The van der Waals surface area contributed by atoms with E-state index in [9.17, 15) is 14.4 Å². The third-order valence-electron chi connectivity index (χ3n) is 5.48. The number of nitrogens with zero attached hydrogens (tertiary/aromatic N) is 4. The molecule has 0 spiro atoms. The van der Waals surface area contributed by atoms with Crippen molar-refractivity contribution < 1.29 is 9.32 Å². The van der Waals surface area contributed by atoms with Crippen LogP contribution in [0.4, 0.5) is 10.5 Å². The summed E-state index contributed by atoms with van der Waals surface area (Å²) in [6.07, 6.45) is -0.908. The third-order valence-corrected chi connectivity index (χ3v) is 5.98. The van der Waals surface area contributed by atoms with Crippen LogP contribution in [0.15, 0.2) is 62.6 Å². The van der Waals surface area contributed by atoms with Crippen molar-refractivity contribution in [2.45, 2.75) is 32.5 Å². The Bertz CT molecular complexity index is 1240. The summed E-state index contributed by atoms with van der Waals surface area (Å²) in [5, 5.41) is 0.979. The first kappa shape index (κ1) is 21.3. The van der Waals surface area contributed by atoms with Crippen molar-refractivity contribution in [3.05, 3.63) is 79.6 Å². The number of hydrogen-bond donors (Lipinski definition) is 0. The van der Waals surface area contributed by atoms with Crippen molar-refractivity contribution in [1.29, 1.82) is 0 Å². The number of anilines is 1. The van der Waals surface area contributed by atoms with Crippen LogP contribution in [-0.4, -0.2) is 32.3 Å². The van der Waals surface area contributed by atoms with Gasteiger partial charge in [-0.3, -0.25) is 4.90 Å². The highest BCUT2D eigenvalue weighted by molar-refractivity contribution is 6.30. The highest BCUT2D eigenvalue weighted by atomic mass is 35.5. The van der Waals surface area contributed by atoms with E-state index in [-0.39, 0.29) is 6.03 Å². The maximum atomic E-state index is 13.3. The Hall–Kier alpha value is -2.97. The molecule has 0 aliphatic carbocycles. The molecule has 1 saturated heterocycles. The fraction of sp³-hybridized carbons (Fsp3) is 0.286. The zero-order chi connectivity index (χ0) is 22.5. The van der Waals surface area contributed by atoms with Gasteiger partial charge in [-0.05, 0) is 69.3 Å². The summed E-state index contributed by atoms with van der Waals surface area (Å²) < 4.78 is 7.26. The minimum Gasteiger partial charge on any atom is -0.315 e. The second kappa shape index (κ2) is 7.62. The molecule has 31 heavy (non-hydrogen) atoms. The summed E-state index contributed by atoms with van der Waals surface area (Å²) in [6.45, 7) is 5.89. The van der Waals surface area contributed by atoms with Gasteiger partial charge in [0.1, 0.15) is 0 Å². The fourth-order valence-electron chi connectivity index (χ4n) is 4.03. The van der Waals surface area contributed by atoms with Crippen LogP contribution in [0.25, 0.3) is 5.69 Å². The van der Waals surface area contributed by atoms with E-state index < -0.39 is 23.2 Å². The molecular formula is C21H20Cl2N4O4. The molecule has 2 aromatic carbocycles. The summed E-state index contributed by atoms with van der Waals surface area (Å²) in [5.41, 5.74) is -0.723. The Morgan fingerprint density at radius 1 is 0.903 bits per heavy atom. The Morgan fingerprint density at radius 3 is 1.94 bits per heavy atom. The Kier molecular flexibility index (Phi) is 5.23. The zero-order valence-corrected chi connectivity index (χ0v) is 18.6. The molecular weight excluding hydrogens is 443 g/mol. The van der Waals surface area contributed by atoms with Crippen LogP contribution in [0.1, 0.15) is 26.9 Å². The topological polar surface area (TPSA) is 80.7 Å². The van der Waals surface area contributed by atoms with Gasteiger partial charge in [-0.15, -0.1) is 4.74 Å². The van der Waals surface area contributed by atoms with Crippen LogP contribution in [-0.2, 0) is 0 Å². The molecule has 162 valence electrons. The molecule has 1 aromatic heterocycles. The van der Waals surface area contributed by atoms with Crippen molar-refractivity contribution in [2.75, 3.05) is 11.4 Å². The minimum atomic E-state index is -0.908. The second-order valence-corrected chi connectivity index (χ2v) is 8.55. The lowest BCUT2D eigenvalue weighted by molar-refractivity contribution is 0.0999. The highest BCUT2D eigenvalue weighted by Gasteiger charge is 2.54. The zero-order valence-electron chi connectivity index (χ0n) is 17.1. The lowest BCUT2D eigenvalue weighted by atomic mass is 10.0. The summed E-state index contributed by atoms with van der Waals surface area (Å²) >= 11 is 11.9. The molecule has 0 bridgehead atoms. The summed E-state index contributed by atoms with van der Waals surface area (Å²) in [7, 11) is 0. The number of urea groups is 1. The monoisotopic (exact) mass is 462 g/mol. The minimum absolute atomic E-state index is 0.311. The maximum Gasteiger partial charge on any atom is 0.447 e. The van der Waals surface area contributed by atoms with Crippen molar-refractivity contribution >= 4 is 34.9 Å². The van der Waals surface area contributed by atoms with Gasteiger partial charge in [0.15, 0.2) is 6.17 Å². The molecule has 0 radical (unpaired) electrons. The van der Waals surface area contributed by atoms with Gasteiger partial charge >= 0.3 is 17.5 Å². The molecule has 1 fully saturated rings. The van der Waals surface area contributed by atoms with Gasteiger partial charge in [-0.25, -0.2) is 14.4 Å². The Balaban J connectivity index is 1.91. The SMILES string of the molecule is CCN1C(=O)N(c2ccc(Cl)cc2)[C@H](n2oc(=O)n(-c3ccc(Cl)cc3)c2=O)C1(C)C. The average molecular weight is 463 g/mol. The standard InChI is InChI=1S/C21H20Cl2N4O4/c1-4-24-18(28)25(15-9-5-13(22)6-10-15)17(21(24,2)3)27-19(29)26(20(30)31-27)16-11-7-14(23)8-12-16/h5-12,17H,4H2,1-3H3/t17-/m1/s1. The Labute approximate surface area is 187 Å². The Morgan fingerprint density at radius 2 is 1.42 bits per heavy atom. The van der Waals surface area contributed by atoms with Gasteiger partial charge in [-0.2, -0.15) is 4.57 Å². The molecule has 0 N–H and O–H groups in total. The fourth-order valence-corrected chi connectivity index (χ4v) is 4.28. The van der Waals surface area contributed by atoms with Crippen molar-refractivity contribution in [2.24, 2.45) is 0 Å². The largest absolute Gasteiger partial charge is 0.447 e. The van der Waals surface area contributed by atoms with Gasteiger partial charge < -0.3 is 9.42 Å². The average Bonchev–Trinajstić information content (AvgIpc) is 3.11. The number of aromatic nitrogens is 2. The molecule has 1 aliphatic heterocycles. The molecule has 1 aliphatic rings. The second-order valence-electron chi connectivity index (χ2n) is 7.68.